The summed E-state index contributed by atoms with van der Waals surface area (Å²) in [5, 5.41) is 1.97. The van der Waals surface area contributed by atoms with Gasteiger partial charge in [-0.2, -0.15) is 0 Å². The first-order valence-electron chi connectivity index (χ1n) is 8.47. The van der Waals surface area contributed by atoms with E-state index in [2.05, 4.69) is 4.72 Å². The van der Waals surface area contributed by atoms with Gasteiger partial charge in [0, 0.05) is 17.6 Å². The van der Waals surface area contributed by atoms with Crippen molar-refractivity contribution in [1.82, 2.24) is 4.90 Å². The molecule has 0 aliphatic carbocycles. The number of halogens is 1. The van der Waals surface area contributed by atoms with Crippen LogP contribution in [0.1, 0.15) is 10.4 Å². The highest BCUT2D eigenvalue weighted by atomic mass is 32.2. The third kappa shape index (κ3) is 5.17. The summed E-state index contributed by atoms with van der Waals surface area (Å²) in [4.78, 5) is 15.1. The Morgan fingerprint density at radius 3 is 2.36 bits per heavy atom. The van der Waals surface area contributed by atoms with E-state index < -0.39 is 15.8 Å². The van der Waals surface area contributed by atoms with Gasteiger partial charge in [-0.1, -0.05) is 18.2 Å². The fraction of sp³-hybridized carbons (Fsp3) is 0.150. The first-order chi connectivity index (χ1) is 13.3. The van der Waals surface area contributed by atoms with Crippen LogP contribution in [-0.2, 0) is 27.8 Å². The van der Waals surface area contributed by atoms with Gasteiger partial charge in [-0.05, 0) is 53.4 Å². The van der Waals surface area contributed by atoms with E-state index in [-0.39, 0.29) is 17.2 Å². The second kappa shape index (κ2) is 8.53. The third-order valence-electron chi connectivity index (χ3n) is 4.08. The standard InChI is InChI=1S/C20H19FN2O3S2/c1-23(14-18-3-2-12-27-18)20(24)13-15-4-8-17(9-5-15)22-28(25,26)19-10-6-16(21)7-11-19/h2-12,22H,13-14H2,1H3. The van der Waals surface area contributed by atoms with Gasteiger partial charge in [0.15, 0.2) is 0 Å². The summed E-state index contributed by atoms with van der Waals surface area (Å²) in [6, 6.07) is 15.1. The second-order valence-corrected chi connectivity index (χ2v) is 8.98. The van der Waals surface area contributed by atoms with Gasteiger partial charge in [-0.3, -0.25) is 9.52 Å². The van der Waals surface area contributed by atoms with Crippen LogP contribution < -0.4 is 4.72 Å². The van der Waals surface area contributed by atoms with Crippen molar-refractivity contribution in [3.05, 3.63) is 82.3 Å². The maximum Gasteiger partial charge on any atom is 0.261 e. The zero-order chi connectivity index (χ0) is 20.1. The molecule has 0 saturated heterocycles. The van der Waals surface area contributed by atoms with E-state index in [1.807, 2.05) is 17.5 Å². The van der Waals surface area contributed by atoms with Crippen molar-refractivity contribution >= 4 is 33.0 Å². The number of benzene rings is 2. The lowest BCUT2D eigenvalue weighted by Gasteiger charge is -2.16. The molecule has 0 unspecified atom stereocenters. The molecule has 0 spiro atoms. The SMILES string of the molecule is CN(Cc1cccs1)C(=O)Cc1ccc(NS(=O)(=O)c2ccc(F)cc2)cc1. The fourth-order valence-electron chi connectivity index (χ4n) is 2.55. The van der Waals surface area contributed by atoms with E-state index in [0.717, 1.165) is 22.6 Å². The number of hydrogen-bond acceptors (Lipinski definition) is 4. The van der Waals surface area contributed by atoms with E-state index in [1.165, 1.54) is 12.1 Å². The Balaban J connectivity index is 1.61. The van der Waals surface area contributed by atoms with Crippen LogP contribution in [0.3, 0.4) is 0 Å². The van der Waals surface area contributed by atoms with Crippen LogP contribution >= 0.6 is 11.3 Å². The Bertz CT molecular complexity index is 1030. The fourth-order valence-corrected chi connectivity index (χ4v) is 4.37. The molecule has 3 rings (SSSR count). The van der Waals surface area contributed by atoms with E-state index in [1.54, 1.807) is 47.5 Å². The number of amides is 1. The average molecular weight is 419 g/mol. The maximum absolute atomic E-state index is 13.0. The quantitative estimate of drug-likeness (QED) is 0.633. The third-order valence-corrected chi connectivity index (χ3v) is 6.34. The minimum Gasteiger partial charge on any atom is -0.340 e. The molecular formula is C20H19FN2O3S2. The molecule has 0 saturated carbocycles. The number of anilines is 1. The Hall–Kier alpha value is -2.71. The van der Waals surface area contributed by atoms with Crippen LogP contribution in [0, 0.1) is 5.82 Å². The van der Waals surface area contributed by atoms with Crippen LogP contribution in [0.25, 0.3) is 0 Å². The number of thiophene rings is 1. The lowest BCUT2D eigenvalue weighted by molar-refractivity contribution is -0.129. The molecule has 0 aliphatic rings. The van der Waals surface area contributed by atoms with E-state index >= 15 is 0 Å². The number of likely N-dealkylation sites (N-methyl/N-ethyl adjacent to an activating group) is 1. The topological polar surface area (TPSA) is 66.5 Å². The largest absolute Gasteiger partial charge is 0.340 e. The van der Waals surface area contributed by atoms with Crippen LogP contribution in [0.2, 0.25) is 0 Å². The van der Waals surface area contributed by atoms with Crippen LogP contribution in [-0.4, -0.2) is 26.3 Å². The summed E-state index contributed by atoms with van der Waals surface area (Å²) in [5.74, 6) is -0.523. The molecule has 28 heavy (non-hydrogen) atoms. The van der Waals surface area contributed by atoms with Crippen molar-refractivity contribution in [3.63, 3.8) is 0 Å². The molecule has 2 aromatic carbocycles. The summed E-state index contributed by atoms with van der Waals surface area (Å²) < 4.78 is 40.1. The first kappa shape index (κ1) is 20.0. The summed E-state index contributed by atoms with van der Waals surface area (Å²) in [7, 11) is -2.04. The number of sulfonamides is 1. The normalized spacial score (nSPS) is 11.2. The highest BCUT2D eigenvalue weighted by Gasteiger charge is 2.15. The molecule has 0 fully saturated rings. The summed E-state index contributed by atoms with van der Waals surface area (Å²) >= 11 is 1.60. The predicted molar refractivity (Wildman–Crippen MR) is 108 cm³/mol. The number of carbonyl (C=O) groups excluding carboxylic acids is 1. The summed E-state index contributed by atoms with van der Waals surface area (Å²) in [6.45, 7) is 0.562. The average Bonchev–Trinajstić information content (AvgIpc) is 3.16. The van der Waals surface area contributed by atoms with Crippen LogP contribution in [0.15, 0.2) is 70.9 Å². The molecule has 0 bridgehead atoms. The monoisotopic (exact) mass is 418 g/mol. The van der Waals surface area contributed by atoms with Crippen LogP contribution in [0.5, 0.6) is 0 Å². The van der Waals surface area contributed by atoms with Crippen molar-refractivity contribution < 1.29 is 17.6 Å². The van der Waals surface area contributed by atoms with Gasteiger partial charge in [-0.25, -0.2) is 12.8 Å². The van der Waals surface area contributed by atoms with Gasteiger partial charge in [0.2, 0.25) is 5.91 Å². The molecule has 146 valence electrons. The van der Waals surface area contributed by atoms with Gasteiger partial charge in [0.1, 0.15) is 5.82 Å². The van der Waals surface area contributed by atoms with Gasteiger partial charge in [-0.15, -0.1) is 11.3 Å². The van der Waals surface area contributed by atoms with Gasteiger partial charge >= 0.3 is 0 Å². The minimum atomic E-state index is -3.80. The molecule has 1 N–H and O–H groups in total. The Morgan fingerprint density at radius 2 is 1.75 bits per heavy atom. The molecule has 1 amide bonds. The van der Waals surface area contributed by atoms with Gasteiger partial charge in [0.05, 0.1) is 17.9 Å². The van der Waals surface area contributed by atoms with Crippen molar-refractivity contribution in [2.45, 2.75) is 17.9 Å². The highest BCUT2D eigenvalue weighted by molar-refractivity contribution is 7.92. The molecule has 3 aromatic rings. The zero-order valence-electron chi connectivity index (χ0n) is 15.1. The van der Waals surface area contributed by atoms with E-state index in [4.69, 9.17) is 0 Å². The predicted octanol–water partition coefficient (Wildman–Crippen LogP) is 3.89. The number of nitrogens with one attached hydrogen (secondary N) is 1. The lowest BCUT2D eigenvalue weighted by Crippen LogP contribution is -2.27. The summed E-state index contributed by atoms with van der Waals surface area (Å²) in [6.07, 6.45) is 0.229. The number of nitrogens with zero attached hydrogens (tertiary/aromatic N) is 1. The smallest absolute Gasteiger partial charge is 0.261 e. The van der Waals surface area contributed by atoms with Crippen molar-refractivity contribution in [1.29, 1.82) is 0 Å². The number of hydrogen-bond donors (Lipinski definition) is 1. The maximum atomic E-state index is 13.0. The molecule has 8 heteroatoms. The van der Waals surface area contributed by atoms with Crippen molar-refractivity contribution in [2.75, 3.05) is 11.8 Å². The van der Waals surface area contributed by atoms with Crippen LogP contribution in [0.4, 0.5) is 10.1 Å². The molecule has 0 radical (unpaired) electrons. The molecule has 0 aliphatic heterocycles. The Morgan fingerprint density at radius 1 is 1.07 bits per heavy atom. The molecular weight excluding hydrogens is 399 g/mol. The lowest BCUT2D eigenvalue weighted by atomic mass is 10.1. The highest BCUT2D eigenvalue weighted by Crippen LogP contribution is 2.18. The van der Waals surface area contributed by atoms with Crippen molar-refractivity contribution in [2.24, 2.45) is 0 Å². The molecule has 5 nitrogen and oxygen atoms in total. The zero-order valence-corrected chi connectivity index (χ0v) is 16.8. The Labute approximate surface area is 167 Å². The molecule has 1 heterocycles. The Kier molecular flexibility index (Phi) is 6.11. The number of carbonyl (C=O) groups is 1. The molecule has 1 aromatic heterocycles. The number of rotatable bonds is 7. The minimum absolute atomic E-state index is 0.0203. The first-order valence-corrected chi connectivity index (χ1v) is 10.8. The van der Waals surface area contributed by atoms with E-state index in [9.17, 15) is 17.6 Å². The van der Waals surface area contributed by atoms with Crippen molar-refractivity contribution in [3.8, 4) is 0 Å². The second-order valence-electron chi connectivity index (χ2n) is 6.26. The van der Waals surface area contributed by atoms with Gasteiger partial charge < -0.3 is 4.90 Å². The summed E-state index contributed by atoms with van der Waals surface area (Å²) in [5.41, 5.74) is 1.15. The molecule has 0 atom stereocenters. The van der Waals surface area contributed by atoms with Gasteiger partial charge in [0.25, 0.3) is 10.0 Å². The van der Waals surface area contributed by atoms with E-state index in [0.29, 0.717) is 12.2 Å².